The fourth-order valence-electron chi connectivity index (χ4n) is 1.87. The highest BCUT2D eigenvalue weighted by atomic mass is 32.2. The van der Waals surface area contributed by atoms with Crippen LogP contribution in [0.15, 0.2) is 52.5 Å². The zero-order valence-corrected chi connectivity index (χ0v) is 14.8. The number of anilines is 1. The van der Waals surface area contributed by atoms with E-state index in [1.165, 1.54) is 36.0 Å². The van der Waals surface area contributed by atoms with Crippen LogP contribution in [0.4, 0.5) is 5.69 Å². The third-order valence-corrected chi connectivity index (χ3v) is 4.59. The highest BCUT2D eigenvalue weighted by molar-refractivity contribution is 7.98. The first-order valence-electron chi connectivity index (χ1n) is 6.90. The van der Waals surface area contributed by atoms with E-state index >= 15 is 0 Å². The molecule has 8 nitrogen and oxygen atoms in total. The molecule has 0 aliphatic rings. The lowest BCUT2D eigenvalue weighted by Crippen LogP contribution is -2.21. The number of nitrogens with zero attached hydrogens (tertiary/aromatic N) is 1. The van der Waals surface area contributed by atoms with Crippen molar-refractivity contribution >= 4 is 39.3 Å². The maximum Gasteiger partial charge on any atom is 0.341 e. The van der Waals surface area contributed by atoms with E-state index in [1.807, 2.05) is 0 Å². The van der Waals surface area contributed by atoms with Crippen LogP contribution in [0.25, 0.3) is 0 Å². The molecule has 0 fully saturated rings. The molecule has 0 spiro atoms. The summed E-state index contributed by atoms with van der Waals surface area (Å²) in [6.45, 7) is -0.527. The molecule has 0 saturated heterocycles. The van der Waals surface area contributed by atoms with Crippen LogP contribution in [-0.4, -0.2) is 38.1 Å². The topological polar surface area (TPSA) is 128 Å². The van der Waals surface area contributed by atoms with Gasteiger partial charge in [0.25, 0.3) is 5.91 Å². The standard InChI is InChI=1S/C15H15N3O5S2/c1-24-14-12(6-3-7-17-14)15(20)23-9-13(19)18-10-4-2-5-11(8-10)25(16,21)22/h2-8H,9H2,1H3,(H,18,19)(H2,16,21,22). The summed E-state index contributed by atoms with van der Waals surface area (Å²) in [5.74, 6) is -1.29. The number of nitrogens with one attached hydrogen (secondary N) is 1. The predicted molar refractivity (Wildman–Crippen MR) is 92.7 cm³/mol. The molecule has 25 heavy (non-hydrogen) atoms. The van der Waals surface area contributed by atoms with Gasteiger partial charge in [0, 0.05) is 11.9 Å². The molecule has 0 radical (unpaired) electrons. The zero-order chi connectivity index (χ0) is 18.4. The zero-order valence-electron chi connectivity index (χ0n) is 13.1. The molecule has 1 aromatic carbocycles. The number of esters is 1. The van der Waals surface area contributed by atoms with E-state index in [2.05, 4.69) is 10.3 Å². The summed E-state index contributed by atoms with van der Waals surface area (Å²) in [6, 6.07) is 8.58. The van der Waals surface area contributed by atoms with Crippen molar-refractivity contribution in [3.05, 3.63) is 48.2 Å². The molecule has 132 valence electrons. The second kappa shape index (κ2) is 8.10. The van der Waals surface area contributed by atoms with Gasteiger partial charge in [0.05, 0.1) is 10.5 Å². The summed E-state index contributed by atoms with van der Waals surface area (Å²) < 4.78 is 27.5. The molecule has 0 aliphatic carbocycles. The lowest BCUT2D eigenvalue weighted by atomic mass is 10.3. The van der Waals surface area contributed by atoms with Crippen molar-refractivity contribution in [1.29, 1.82) is 0 Å². The molecule has 0 aliphatic heterocycles. The first-order valence-corrected chi connectivity index (χ1v) is 9.67. The minimum atomic E-state index is -3.88. The number of nitrogens with two attached hydrogens (primary N) is 1. The van der Waals surface area contributed by atoms with Gasteiger partial charge in [0.2, 0.25) is 10.0 Å². The predicted octanol–water partition coefficient (Wildman–Crippen LogP) is 1.25. The van der Waals surface area contributed by atoms with Crippen molar-refractivity contribution in [2.45, 2.75) is 9.92 Å². The van der Waals surface area contributed by atoms with Crippen LogP contribution in [0.3, 0.4) is 0 Å². The summed E-state index contributed by atoms with van der Waals surface area (Å²) in [4.78, 5) is 27.8. The number of sulfonamides is 1. The van der Waals surface area contributed by atoms with Gasteiger partial charge in [-0.05, 0) is 36.6 Å². The first kappa shape index (κ1) is 18.9. The summed E-state index contributed by atoms with van der Waals surface area (Å²) in [5.41, 5.74) is 0.484. The maximum atomic E-state index is 12.0. The van der Waals surface area contributed by atoms with Gasteiger partial charge in [-0.1, -0.05) is 6.07 Å². The number of amides is 1. The van der Waals surface area contributed by atoms with Crippen LogP contribution in [0.5, 0.6) is 0 Å². The van der Waals surface area contributed by atoms with Gasteiger partial charge in [0.15, 0.2) is 6.61 Å². The Hall–Kier alpha value is -2.43. The smallest absolute Gasteiger partial charge is 0.341 e. The number of pyridine rings is 1. The number of hydrogen-bond donors (Lipinski definition) is 2. The second-order valence-electron chi connectivity index (χ2n) is 4.76. The summed E-state index contributed by atoms with van der Waals surface area (Å²) in [5, 5.41) is 7.96. The highest BCUT2D eigenvalue weighted by Gasteiger charge is 2.15. The van der Waals surface area contributed by atoms with Crippen molar-refractivity contribution in [2.24, 2.45) is 5.14 Å². The summed E-state index contributed by atoms with van der Waals surface area (Å²) >= 11 is 1.28. The van der Waals surface area contributed by atoms with Crippen molar-refractivity contribution in [3.8, 4) is 0 Å². The van der Waals surface area contributed by atoms with Crippen LogP contribution in [-0.2, 0) is 19.6 Å². The quantitative estimate of drug-likeness (QED) is 0.569. The molecular formula is C15H15N3O5S2. The number of hydrogen-bond acceptors (Lipinski definition) is 7. The molecule has 1 heterocycles. The number of thioether (sulfide) groups is 1. The Bertz CT molecular complexity index is 900. The number of carbonyl (C=O) groups excluding carboxylic acids is 2. The average molecular weight is 381 g/mol. The lowest BCUT2D eigenvalue weighted by Gasteiger charge is -2.09. The molecule has 0 saturated carbocycles. The number of ether oxygens (including phenoxy) is 1. The molecule has 1 amide bonds. The Morgan fingerprint density at radius 1 is 1.28 bits per heavy atom. The van der Waals surface area contributed by atoms with Gasteiger partial charge in [-0.2, -0.15) is 0 Å². The van der Waals surface area contributed by atoms with E-state index in [4.69, 9.17) is 9.88 Å². The van der Waals surface area contributed by atoms with E-state index in [0.717, 1.165) is 0 Å². The number of rotatable bonds is 6. The van der Waals surface area contributed by atoms with E-state index in [1.54, 1.807) is 24.6 Å². The first-order chi connectivity index (χ1) is 11.8. The average Bonchev–Trinajstić information content (AvgIpc) is 2.59. The number of carbonyl (C=O) groups is 2. The molecular weight excluding hydrogens is 366 g/mol. The molecule has 1 aromatic heterocycles. The van der Waals surface area contributed by atoms with Crippen molar-refractivity contribution in [3.63, 3.8) is 0 Å². The Labute approximate surface area is 148 Å². The van der Waals surface area contributed by atoms with E-state index in [9.17, 15) is 18.0 Å². The Kier molecular flexibility index (Phi) is 6.12. The van der Waals surface area contributed by atoms with E-state index < -0.39 is 28.5 Å². The monoisotopic (exact) mass is 381 g/mol. The van der Waals surface area contributed by atoms with Gasteiger partial charge < -0.3 is 10.1 Å². The van der Waals surface area contributed by atoms with Crippen molar-refractivity contribution < 1.29 is 22.7 Å². The Balaban J connectivity index is 1.98. The van der Waals surface area contributed by atoms with Crippen LogP contribution in [0.1, 0.15) is 10.4 Å². The highest BCUT2D eigenvalue weighted by Crippen LogP contribution is 2.18. The molecule has 2 aromatic rings. The Morgan fingerprint density at radius 2 is 2.04 bits per heavy atom. The van der Waals surface area contributed by atoms with Crippen LogP contribution < -0.4 is 10.5 Å². The van der Waals surface area contributed by atoms with Gasteiger partial charge in [-0.25, -0.2) is 23.3 Å². The summed E-state index contributed by atoms with van der Waals surface area (Å²) in [7, 11) is -3.88. The fraction of sp³-hybridized carbons (Fsp3) is 0.133. The number of primary sulfonamides is 1. The summed E-state index contributed by atoms with van der Waals surface area (Å²) in [6.07, 6.45) is 3.32. The molecule has 0 bridgehead atoms. The fourth-order valence-corrected chi connectivity index (χ4v) is 2.96. The van der Waals surface area contributed by atoms with Crippen LogP contribution in [0.2, 0.25) is 0 Å². The number of benzene rings is 1. The van der Waals surface area contributed by atoms with Gasteiger partial charge in [-0.15, -0.1) is 11.8 Å². The van der Waals surface area contributed by atoms with E-state index in [0.29, 0.717) is 5.03 Å². The molecule has 3 N–H and O–H groups in total. The molecule has 10 heteroatoms. The van der Waals surface area contributed by atoms with Crippen LogP contribution in [0, 0.1) is 0 Å². The largest absolute Gasteiger partial charge is 0.452 e. The normalized spacial score (nSPS) is 11.0. The van der Waals surface area contributed by atoms with Crippen molar-refractivity contribution in [1.82, 2.24) is 4.98 Å². The van der Waals surface area contributed by atoms with Crippen molar-refractivity contribution in [2.75, 3.05) is 18.2 Å². The third-order valence-electron chi connectivity index (χ3n) is 2.97. The minimum absolute atomic E-state index is 0.137. The van der Waals surface area contributed by atoms with E-state index in [-0.39, 0.29) is 16.1 Å². The third kappa shape index (κ3) is 5.28. The maximum absolute atomic E-state index is 12.0. The minimum Gasteiger partial charge on any atom is -0.452 e. The molecule has 2 rings (SSSR count). The van der Waals surface area contributed by atoms with Gasteiger partial charge >= 0.3 is 5.97 Å². The molecule has 0 unspecified atom stereocenters. The Morgan fingerprint density at radius 3 is 2.72 bits per heavy atom. The number of aromatic nitrogens is 1. The van der Waals surface area contributed by atoms with Gasteiger partial charge in [-0.3, -0.25) is 4.79 Å². The van der Waals surface area contributed by atoms with Crippen LogP contribution >= 0.6 is 11.8 Å². The van der Waals surface area contributed by atoms with Gasteiger partial charge in [0.1, 0.15) is 5.03 Å². The SMILES string of the molecule is CSc1ncccc1C(=O)OCC(=O)Nc1cccc(S(N)(=O)=O)c1. The second-order valence-corrected chi connectivity index (χ2v) is 7.11. The lowest BCUT2D eigenvalue weighted by molar-refractivity contribution is -0.119. The molecule has 0 atom stereocenters.